The van der Waals surface area contributed by atoms with Crippen molar-refractivity contribution in [1.29, 1.82) is 0 Å². The second kappa shape index (κ2) is 4.07. The summed E-state index contributed by atoms with van der Waals surface area (Å²) in [5.41, 5.74) is 0. The molecule has 17 heavy (non-hydrogen) atoms. The van der Waals surface area contributed by atoms with Gasteiger partial charge in [-0.1, -0.05) is 24.3 Å². The Balaban J connectivity index is 2.00. The number of Topliss-reactive ketones (excluding diaryl/α,β-unsaturated/α-hetero) is 1. The average molecular weight is 234 g/mol. The third-order valence-electron chi connectivity index (χ3n) is 4.52. The Morgan fingerprint density at radius 1 is 1.00 bits per heavy atom. The van der Waals surface area contributed by atoms with E-state index >= 15 is 0 Å². The van der Waals surface area contributed by atoms with Gasteiger partial charge in [-0.3, -0.25) is 4.79 Å². The molecule has 1 saturated carbocycles. The molecule has 0 saturated heterocycles. The van der Waals surface area contributed by atoms with Crippen LogP contribution in [0, 0.1) is 23.7 Å². The summed E-state index contributed by atoms with van der Waals surface area (Å²) in [6.07, 6.45) is 9.27. The van der Waals surface area contributed by atoms with E-state index in [4.69, 9.17) is 9.47 Å². The zero-order valence-corrected chi connectivity index (χ0v) is 10.2. The van der Waals surface area contributed by atoms with Crippen LogP contribution in [-0.4, -0.2) is 32.2 Å². The Labute approximate surface area is 101 Å². The van der Waals surface area contributed by atoms with E-state index in [1.165, 1.54) is 0 Å². The number of ketones is 1. The van der Waals surface area contributed by atoms with Gasteiger partial charge in [-0.15, -0.1) is 0 Å². The second-order valence-electron chi connectivity index (χ2n) is 5.19. The minimum absolute atomic E-state index is 0.0255. The number of hydrogen-bond acceptors (Lipinski definition) is 3. The molecular weight excluding hydrogens is 216 g/mol. The molecule has 0 spiro atoms. The molecule has 0 N–H and O–H groups in total. The summed E-state index contributed by atoms with van der Waals surface area (Å²) in [4.78, 5) is 12.0. The lowest BCUT2D eigenvalue weighted by atomic mass is 9.57. The van der Waals surface area contributed by atoms with E-state index in [-0.39, 0.29) is 24.0 Å². The third-order valence-corrected chi connectivity index (χ3v) is 4.52. The zero-order chi connectivity index (χ0) is 12.0. The van der Waals surface area contributed by atoms with Gasteiger partial charge in [-0.25, -0.2) is 0 Å². The molecule has 0 unspecified atom stereocenters. The molecule has 0 aromatic heterocycles. The van der Waals surface area contributed by atoms with Gasteiger partial charge in [-0.2, -0.15) is 0 Å². The van der Waals surface area contributed by atoms with Gasteiger partial charge in [0.05, 0.1) is 12.2 Å². The van der Waals surface area contributed by atoms with Crippen LogP contribution < -0.4 is 0 Å². The molecule has 0 heterocycles. The zero-order valence-electron chi connectivity index (χ0n) is 10.2. The number of hydrogen-bond donors (Lipinski definition) is 0. The van der Waals surface area contributed by atoms with Crippen LogP contribution >= 0.6 is 0 Å². The maximum atomic E-state index is 12.0. The molecule has 4 aliphatic rings. The Morgan fingerprint density at radius 2 is 1.65 bits per heavy atom. The van der Waals surface area contributed by atoms with Gasteiger partial charge in [-0.05, 0) is 5.92 Å². The van der Waals surface area contributed by atoms with Crippen LogP contribution in [0.3, 0.4) is 0 Å². The fraction of sp³-hybridized carbons (Fsp3) is 0.643. The second-order valence-corrected chi connectivity index (χ2v) is 5.19. The summed E-state index contributed by atoms with van der Waals surface area (Å²) in [7, 11) is 3.46. The molecular formula is C14H18O3. The fourth-order valence-corrected chi connectivity index (χ4v) is 3.77. The summed E-state index contributed by atoms with van der Waals surface area (Å²) in [5.74, 6) is 1.36. The summed E-state index contributed by atoms with van der Waals surface area (Å²) < 4.78 is 11.1. The quantitative estimate of drug-likeness (QED) is 0.681. The van der Waals surface area contributed by atoms with E-state index in [1.807, 2.05) is 0 Å². The van der Waals surface area contributed by atoms with Crippen LogP contribution in [0.4, 0.5) is 0 Å². The van der Waals surface area contributed by atoms with E-state index in [1.54, 1.807) is 14.2 Å². The maximum Gasteiger partial charge on any atom is 0.140 e. The topological polar surface area (TPSA) is 35.5 Å². The van der Waals surface area contributed by atoms with Gasteiger partial charge in [0.15, 0.2) is 0 Å². The highest BCUT2D eigenvalue weighted by atomic mass is 16.5. The Hall–Kier alpha value is -0.930. The first-order valence-corrected chi connectivity index (χ1v) is 6.21. The van der Waals surface area contributed by atoms with Crippen LogP contribution in [-0.2, 0) is 14.3 Å². The van der Waals surface area contributed by atoms with Crippen molar-refractivity contribution >= 4 is 5.78 Å². The van der Waals surface area contributed by atoms with Crippen molar-refractivity contribution in [1.82, 2.24) is 0 Å². The van der Waals surface area contributed by atoms with E-state index < -0.39 is 0 Å². The first kappa shape index (κ1) is 11.2. The molecule has 92 valence electrons. The molecule has 0 radical (unpaired) electrons. The predicted molar refractivity (Wildman–Crippen MR) is 63.5 cm³/mol. The standard InChI is InChI=1S/C14H18O3/c1-16-11-5-6-12(17-2)14-9-4-3-8(13(11)14)7-10(9)15/h3-6,8-9,11-14H,7H2,1-2H3/t8-,9+,11+,12-,13+,14-/m1/s1. The monoisotopic (exact) mass is 234 g/mol. The number of methoxy groups -OCH3 is 2. The van der Waals surface area contributed by atoms with Crippen molar-refractivity contribution in [2.75, 3.05) is 14.2 Å². The van der Waals surface area contributed by atoms with Gasteiger partial charge in [0.25, 0.3) is 0 Å². The van der Waals surface area contributed by atoms with Crippen LogP contribution in [0.25, 0.3) is 0 Å². The highest BCUT2D eigenvalue weighted by molar-refractivity contribution is 5.86. The normalized spacial score (nSPS) is 47.3. The Kier molecular flexibility index (Phi) is 2.68. The molecule has 4 rings (SSSR count). The van der Waals surface area contributed by atoms with Gasteiger partial charge in [0, 0.05) is 38.4 Å². The number of fused-ring (bicyclic) bond motifs is 1. The largest absolute Gasteiger partial charge is 0.377 e. The van der Waals surface area contributed by atoms with Crippen molar-refractivity contribution in [3.63, 3.8) is 0 Å². The van der Waals surface area contributed by atoms with Crippen molar-refractivity contribution in [3.8, 4) is 0 Å². The summed E-state index contributed by atoms with van der Waals surface area (Å²) in [5, 5.41) is 0. The minimum atomic E-state index is 0.0255. The van der Waals surface area contributed by atoms with Crippen LogP contribution in [0.5, 0.6) is 0 Å². The third kappa shape index (κ3) is 1.53. The predicted octanol–water partition coefficient (Wildman–Crippen LogP) is 1.59. The number of ether oxygens (including phenoxy) is 2. The maximum absolute atomic E-state index is 12.0. The smallest absolute Gasteiger partial charge is 0.140 e. The molecule has 4 aliphatic carbocycles. The van der Waals surface area contributed by atoms with Crippen LogP contribution in [0.2, 0.25) is 0 Å². The summed E-state index contributed by atoms with van der Waals surface area (Å²) >= 11 is 0. The molecule has 0 aromatic carbocycles. The molecule has 0 aromatic rings. The molecule has 3 nitrogen and oxygen atoms in total. The Morgan fingerprint density at radius 3 is 2.24 bits per heavy atom. The van der Waals surface area contributed by atoms with Crippen molar-refractivity contribution in [2.24, 2.45) is 23.7 Å². The summed E-state index contributed by atoms with van der Waals surface area (Å²) in [6, 6.07) is 0. The van der Waals surface area contributed by atoms with Crippen LogP contribution in [0.1, 0.15) is 6.42 Å². The van der Waals surface area contributed by atoms with Crippen LogP contribution in [0.15, 0.2) is 24.3 Å². The van der Waals surface area contributed by atoms with Crippen molar-refractivity contribution < 1.29 is 14.3 Å². The minimum Gasteiger partial charge on any atom is -0.377 e. The molecule has 6 atom stereocenters. The van der Waals surface area contributed by atoms with Gasteiger partial charge >= 0.3 is 0 Å². The Bertz CT molecular complexity index is 385. The van der Waals surface area contributed by atoms with Gasteiger partial charge < -0.3 is 9.47 Å². The molecule has 0 amide bonds. The first-order chi connectivity index (χ1) is 8.26. The van der Waals surface area contributed by atoms with Gasteiger partial charge in [0.1, 0.15) is 5.78 Å². The van der Waals surface area contributed by atoms with E-state index in [0.717, 1.165) is 0 Å². The number of carbonyl (C=O) groups is 1. The van der Waals surface area contributed by atoms with E-state index in [0.29, 0.717) is 24.0 Å². The molecule has 0 aliphatic heterocycles. The van der Waals surface area contributed by atoms with Gasteiger partial charge in [0.2, 0.25) is 0 Å². The molecule has 2 bridgehead atoms. The number of allylic oxidation sites excluding steroid dienone is 2. The van der Waals surface area contributed by atoms with Crippen molar-refractivity contribution in [3.05, 3.63) is 24.3 Å². The van der Waals surface area contributed by atoms with E-state index in [2.05, 4.69) is 24.3 Å². The first-order valence-electron chi connectivity index (χ1n) is 6.21. The lowest BCUT2D eigenvalue weighted by Crippen LogP contribution is -2.53. The lowest BCUT2D eigenvalue weighted by molar-refractivity contribution is -0.137. The molecule has 1 fully saturated rings. The fourth-order valence-electron chi connectivity index (χ4n) is 3.77. The SMILES string of the molecule is CO[C@H]1C=C[C@@H](OC)[C@@H]2[C@H]1[C@@H]1C=C[C@H]2C(=O)C1. The number of rotatable bonds is 2. The number of carbonyl (C=O) groups excluding carboxylic acids is 1. The summed E-state index contributed by atoms with van der Waals surface area (Å²) in [6.45, 7) is 0. The highest BCUT2D eigenvalue weighted by Gasteiger charge is 2.52. The average Bonchev–Trinajstić information content (AvgIpc) is 2.37. The van der Waals surface area contributed by atoms with Crippen molar-refractivity contribution in [2.45, 2.75) is 18.6 Å². The molecule has 3 heteroatoms. The lowest BCUT2D eigenvalue weighted by Gasteiger charge is -2.50. The van der Waals surface area contributed by atoms with E-state index in [9.17, 15) is 4.79 Å². The highest BCUT2D eigenvalue weighted by Crippen LogP contribution is 2.49.